The molecule has 1 aliphatic heterocycles. The van der Waals surface area contributed by atoms with Crippen molar-refractivity contribution in [3.8, 4) is 6.07 Å². The molecule has 2 atom stereocenters. The van der Waals surface area contributed by atoms with Crippen LogP contribution in [0.2, 0.25) is 0 Å². The van der Waals surface area contributed by atoms with Gasteiger partial charge in [-0.05, 0) is 6.42 Å². The van der Waals surface area contributed by atoms with E-state index >= 15 is 0 Å². The molecule has 1 saturated heterocycles. The van der Waals surface area contributed by atoms with Crippen molar-refractivity contribution in [2.24, 2.45) is 11.7 Å². The van der Waals surface area contributed by atoms with Crippen LogP contribution in [0.15, 0.2) is 0 Å². The molecule has 0 amide bonds. The maximum atomic E-state index is 10.9. The van der Waals surface area contributed by atoms with Gasteiger partial charge in [0.1, 0.15) is 0 Å². The summed E-state index contributed by atoms with van der Waals surface area (Å²) < 4.78 is 21.9. The molecule has 0 aliphatic carbocycles. The van der Waals surface area contributed by atoms with Gasteiger partial charge in [0.2, 0.25) is 0 Å². The zero-order chi connectivity index (χ0) is 8.48. The van der Waals surface area contributed by atoms with Gasteiger partial charge in [-0.1, -0.05) is 0 Å². The molecule has 4 nitrogen and oxygen atoms in total. The number of rotatable bonds is 0. The second-order valence-electron chi connectivity index (χ2n) is 2.80. The Morgan fingerprint density at radius 1 is 1.55 bits per heavy atom. The molecule has 0 radical (unpaired) electrons. The minimum atomic E-state index is -2.95. The first-order valence-corrected chi connectivity index (χ1v) is 5.23. The molecule has 0 aromatic carbocycles. The van der Waals surface area contributed by atoms with E-state index in [1.54, 1.807) is 0 Å². The van der Waals surface area contributed by atoms with Crippen molar-refractivity contribution in [3.63, 3.8) is 0 Å². The molecular weight excluding hydrogens is 164 g/mol. The van der Waals surface area contributed by atoms with E-state index < -0.39 is 15.9 Å². The van der Waals surface area contributed by atoms with Crippen LogP contribution in [0.3, 0.4) is 0 Å². The Labute approximate surface area is 65.9 Å². The highest BCUT2D eigenvalue weighted by Gasteiger charge is 2.30. The van der Waals surface area contributed by atoms with Crippen LogP contribution in [-0.4, -0.2) is 26.0 Å². The van der Waals surface area contributed by atoms with Crippen LogP contribution < -0.4 is 5.73 Å². The summed E-state index contributed by atoms with van der Waals surface area (Å²) in [5.74, 6) is -0.206. The molecule has 2 unspecified atom stereocenters. The van der Waals surface area contributed by atoms with Crippen molar-refractivity contribution >= 4 is 9.84 Å². The SMILES string of the molecule is N#CC1CCS(=O)(=O)CC1N. The summed E-state index contributed by atoms with van der Waals surface area (Å²) in [4.78, 5) is 0. The molecule has 0 aromatic rings. The van der Waals surface area contributed by atoms with E-state index in [9.17, 15) is 8.42 Å². The number of hydrogen-bond donors (Lipinski definition) is 1. The smallest absolute Gasteiger partial charge is 0.151 e. The molecule has 1 fully saturated rings. The molecule has 0 bridgehead atoms. The minimum absolute atomic E-state index is 0.0365. The van der Waals surface area contributed by atoms with E-state index in [0.717, 1.165) is 0 Å². The Kier molecular flexibility index (Phi) is 2.16. The number of nitriles is 1. The molecule has 2 N–H and O–H groups in total. The third-order valence-electron chi connectivity index (χ3n) is 1.87. The van der Waals surface area contributed by atoms with Gasteiger partial charge in [-0.3, -0.25) is 0 Å². The zero-order valence-electron chi connectivity index (χ0n) is 6.03. The van der Waals surface area contributed by atoms with Gasteiger partial charge in [0.15, 0.2) is 9.84 Å². The standard InChI is InChI=1S/C6H10N2O2S/c7-3-5-1-2-11(9,10)4-6(5)8/h5-6H,1-2,4,8H2. The Morgan fingerprint density at radius 3 is 2.64 bits per heavy atom. The van der Waals surface area contributed by atoms with E-state index in [4.69, 9.17) is 11.0 Å². The number of hydrogen-bond acceptors (Lipinski definition) is 4. The second-order valence-corrected chi connectivity index (χ2v) is 5.03. The Bertz CT molecular complexity index is 277. The average Bonchev–Trinajstić information content (AvgIpc) is 1.86. The predicted molar refractivity (Wildman–Crippen MR) is 40.3 cm³/mol. The van der Waals surface area contributed by atoms with Crippen LogP contribution in [0.4, 0.5) is 0 Å². The summed E-state index contributed by atoms with van der Waals surface area (Å²) >= 11 is 0. The topological polar surface area (TPSA) is 84.0 Å². The summed E-state index contributed by atoms with van der Waals surface area (Å²) in [6.45, 7) is 0. The summed E-state index contributed by atoms with van der Waals surface area (Å²) in [6, 6.07) is 1.51. The monoisotopic (exact) mass is 174 g/mol. The maximum Gasteiger partial charge on any atom is 0.151 e. The summed E-state index contributed by atoms with van der Waals surface area (Å²) in [7, 11) is -2.95. The van der Waals surface area contributed by atoms with Crippen molar-refractivity contribution in [1.29, 1.82) is 5.26 Å². The van der Waals surface area contributed by atoms with Gasteiger partial charge in [0.05, 0.1) is 23.5 Å². The first-order chi connectivity index (χ1) is 5.05. The molecule has 5 heteroatoms. The fraction of sp³-hybridized carbons (Fsp3) is 0.833. The van der Waals surface area contributed by atoms with Crippen molar-refractivity contribution in [1.82, 2.24) is 0 Å². The van der Waals surface area contributed by atoms with E-state index in [-0.39, 0.29) is 17.4 Å². The van der Waals surface area contributed by atoms with Gasteiger partial charge in [0, 0.05) is 6.04 Å². The Hall–Kier alpha value is -0.600. The van der Waals surface area contributed by atoms with E-state index in [1.807, 2.05) is 6.07 Å². The highest BCUT2D eigenvalue weighted by molar-refractivity contribution is 7.91. The fourth-order valence-corrected chi connectivity index (χ4v) is 2.77. The number of sulfone groups is 1. The second kappa shape index (κ2) is 2.80. The van der Waals surface area contributed by atoms with Crippen LogP contribution in [0, 0.1) is 17.2 Å². The van der Waals surface area contributed by atoms with Crippen LogP contribution in [-0.2, 0) is 9.84 Å². The molecule has 11 heavy (non-hydrogen) atoms. The van der Waals surface area contributed by atoms with Crippen molar-refractivity contribution in [2.45, 2.75) is 12.5 Å². The van der Waals surface area contributed by atoms with Crippen molar-refractivity contribution in [2.75, 3.05) is 11.5 Å². The molecule has 1 heterocycles. The Balaban J connectivity index is 2.71. The van der Waals surface area contributed by atoms with E-state index in [1.165, 1.54) is 0 Å². The summed E-state index contributed by atoms with van der Waals surface area (Å²) in [5, 5.41) is 8.51. The van der Waals surface area contributed by atoms with Gasteiger partial charge >= 0.3 is 0 Å². The summed E-state index contributed by atoms with van der Waals surface area (Å²) in [5.41, 5.74) is 5.46. The van der Waals surface area contributed by atoms with Crippen LogP contribution in [0.25, 0.3) is 0 Å². The first kappa shape index (κ1) is 8.50. The van der Waals surface area contributed by atoms with Gasteiger partial charge in [-0.25, -0.2) is 8.42 Å². The number of nitrogens with two attached hydrogens (primary N) is 1. The summed E-state index contributed by atoms with van der Waals surface area (Å²) in [6.07, 6.45) is 0.389. The van der Waals surface area contributed by atoms with Crippen molar-refractivity contribution < 1.29 is 8.42 Å². The molecular formula is C6H10N2O2S. The van der Waals surface area contributed by atoms with Crippen LogP contribution in [0.5, 0.6) is 0 Å². The van der Waals surface area contributed by atoms with Crippen LogP contribution >= 0.6 is 0 Å². The largest absolute Gasteiger partial charge is 0.326 e. The highest BCUT2D eigenvalue weighted by Crippen LogP contribution is 2.16. The maximum absolute atomic E-state index is 10.9. The van der Waals surface area contributed by atoms with E-state index in [2.05, 4.69) is 0 Å². The quantitative estimate of drug-likeness (QED) is 0.525. The van der Waals surface area contributed by atoms with Gasteiger partial charge < -0.3 is 5.73 Å². The normalized spacial score (nSPS) is 36.0. The van der Waals surface area contributed by atoms with Crippen molar-refractivity contribution in [3.05, 3.63) is 0 Å². The fourth-order valence-electron chi connectivity index (χ4n) is 1.17. The molecule has 0 saturated carbocycles. The lowest BCUT2D eigenvalue weighted by molar-refractivity contribution is 0.490. The lowest BCUT2D eigenvalue weighted by atomic mass is 10.0. The molecule has 62 valence electrons. The molecule has 0 aromatic heterocycles. The van der Waals surface area contributed by atoms with E-state index in [0.29, 0.717) is 6.42 Å². The van der Waals surface area contributed by atoms with Gasteiger partial charge in [-0.15, -0.1) is 0 Å². The third-order valence-corrected chi connectivity index (χ3v) is 3.62. The lowest BCUT2D eigenvalue weighted by Crippen LogP contribution is -2.42. The molecule has 0 spiro atoms. The van der Waals surface area contributed by atoms with Gasteiger partial charge in [-0.2, -0.15) is 5.26 Å². The minimum Gasteiger partial charge on any atom is -0.326 e. The Morgan fingerprint density at radius 2 is 2.18 bits per heavy atom. The average molecular weight is 174 g/mol. The number of nitrogens with zero attached hydrogens (tertiary/aromatic N) is 1. The lowest BCUT2D eigenvalue weighted by Gasteiger charge is -2.22. The zero-order valence-corrected chi connectivity index (χ0v) is 6.84. The predicted octanol–water partition coefficient (Wildman–Crippen LogP) is -0.728. The first-order valence-electron chi connectivity index (χ1n) is 3.41. The van der Waals surface area contributed by atoms with Gasteiger partial charge in [0.25, 0.3) is 0 Å². The highest BCUT2D eigenvalue weighted by atomic mass is 32.2. The molecule has 1 aliphatic rings. The molecule has 1 rings (SSSR count). The van der Waals surface area contributed by atoms with Crippen LogP contribution in [0.1, 0.15) is 6.42 Å². The third kappa shape index (κ3) is 1.91.